The number of allylic oxidation sites excluding steroid dienone is 2. The predicted molar refractivity (Wildman–Crippen MR) is 105 cm³/mol. The molecule has 1 atom stereocenters. The Labute approximate surface area is 155 Å². The molecule has 0 spiro atoms. The number of nitrogens with one attached hydrogen (secondary N) is 1. The molecule has 0 amide bonds. The first-order valence-electron chi connectivity index (χ1n) is 8.60. The average Bonchev–Trinajstić information content (AvgIpc) is 2.67. The molecular weight excluding hydrogens is 330 g/mol. The fourth-order valence-electron chi connectivity index (χ4n) is 2.54. The third kappa shape index (κ3) is 4.59. The molecule has 1 aliphatic heterocycles. The van der Waals surface area contributed by atoms with E-state index in [0.29, 0.717) is 28.4 Å². The SMILES string of the molecule is CC.CC=N/C(=C\C)C1=NC(c2ccccc2O)C(C(=O)OC)=C(C)N1. The van der Waals surface area contributed by atoms with E-state index in [0.717, 1.165) is 0 Å². The number of rotatable bonds is 4. The van der Waals surface area contributed by atoms with E-state index < -0.39 is 12.0 Å². The second-order valence-corrected chi connectivity index (χ2v) is 5.16. The van der Waals surface area contributed by atoms with Gasteiger partial charge < -0.3 is 15.2 Å². The lowest BCUT2D eigenvalue weighted by Crippen LogP contribution is -2.32. The van der Waals surface area contributed by atoms with Gasteiger partial charge in [-0.05, 0) is 26.8 Å². The Morgan fingerprint density at radius 1 is 1.31 bits per heavy atom. The second kappa shape index (κ2) is 10.2. The molecular formula is C20H27N3O3. The minimum absolute atomic E-state index is 0.0720. The van der Waals surface area contributed by atoms with Crippen molar-refractivity contribution in [3.05, 3.63) is 52.9 Å². The Morgan fingerprint density at radius 2 is 1.96 bits per heavy atom. The van der Waals surface area contributed by atoms with E-state index in [1.54, 1.807) is 37.4 Å². The summed E-state index contributed by atoms with van der Waals surface area (Å²) in [5.74, 6) is 0.119. The number of para-hydroxylation sites is 1. The van der Waals surface area contributed by atoms with E-state index in [1.165, 1.54) is 7.11 Å². The smallest absolute Gasteiger partial charge is 0.338 e. The minimum Gasteiger partial charge on any atom is -0.508 e. The van der Waals surface area contributed by atoms with Gasteiger partial charge in [0, 0.05) is 17.5 Å². The highest BCUT2D eigenvalue weighted by Gasteiger charge is 2.32. The normalized spacial score (nSPS) is 17.2. The Bertz CT molecular complexity index is 761. The highest BCUT2D eigenvalue weighted by Crippen LogP contribution is 2.36. The number of nitrogens with zero attached hydrogens (tertiary/aromatic N) is 2. The van der Waals surface area contributed by atoms with Crippen LogP contribution in [0.5, 0.6) is 5.75 Å². The van der Waals surface area contributed by atoms with Gasteiger partial charge in [-0.15, -0.1) is 0 Å². The van der Waals surface area contributed by atoms with Crippen LogP contribution in [0.15, 0.2) is 57.3 Å². The largest absolute Gasteiger partial charge is 0.508 e. The van der Waals surface area contributed by atoms with Gasteiger partial charge in [0.1, 0.15) is 17.5 Å². The van der Waals surface area contributed by atoms with E-state index in [9.17, 15) is 9.90 Å². The number of phenolic OH excluding ortho intramolecular Hbond substituents is 1. The maximum atomic E-state index is 12.2. The summed E-state index contributed by atoms with van der Waals surface area (Å²) in [4.78, 5) is 21.1. The maximum Gasteiger partial charge on any atom is 0.338 e. The van der Waals surface area contributed by atoms with Gasteiger partial charge in [-0.1, -0.05) is 38.1 Å². The molecule has 1 heterocycles. The minimum atomic E-state index is -0.670. The summed E-state index contributed by atoms with van der Waals surface area (Å²) in [7, 11) is 1.32. The molecule has 1 aromatic carbocycles. The molecule has 0 aliphatic carbocycles. The topological polar surface area (TPSA) is 83.3 Å². The summed E-state index contributed by atoms with van der Waals surface area (Å²) in [6, 6.07) is 6.14. The Kier molecular flexibility index (Phi) is 8.28. The molecule has 6 nitrogen and oxygen atoms in total. The molecule has 0 fully saturated rings. The van der Waals surface area contributed by atoms with Crippen molar-refractivity contribution in [1.82, 2.24) is 5.32 Å². The van der Waals surface area contributed by atoms with Crippen LogP contribution in [0.25, 0.3) is 0 Å². The number of carbonyl (C=O) groups excluding carboxylic acids is 1. The number of ether oxygens (including phenoxy) is 1. The number of benzene rings is 1. The molecule has 0 saturated carbocycles. The number of methoxy groups -OCH3 is 1. The molecule has 2 rings (SSSR count). The molecule has 1 aliphatic rings. The van der Waals surface area contributed by atoms with Crippen LogP contribution in [0.4, 0.5) is 0 Å². The average molecular weight is 357 g/mol. The first kappa shape index (κ1) is 21.2. The third-order valence-electron chi connectivity index (χ3n) is 3.66. The highest BCUT2D eigenvalue weighted by molar-refractivity contribution is 6.03. The Balaban J connectivity index is 0.00000163. The van der Waals surface area contributed by atoms with Crippen LogP contribution < -0.4 is 5.32 Å². The number of phenols is 1. The van der Waals surface area contributed by atoms with Crippen LogP contribution in [0, 0.1) is 0 Å². The summed E-state index contributed by atoms with van der Waals surface area (Å²) < 4.78 is 4.89. The molecule has 0 saturated heterocycles. The van der Waals surface area contributed by atoms with Crippen LogP contribution in [0.3, 0.4) is 0 Å². The molecule has 0 bridgehead atoms. The van der Waals surface area contributed by atoms with Crippen LogP contribution in [-0.4, -0.2) is 30.2 Å². The molecule has 1 aromatic rings. The van der Waals surface area contributed by atoms with Crippen LogP contribution in [0.1, 0.15) is 46.2 Å². The molecule has 6 heteroatoms. The zero-order valence-electron chi connectivity index (χ0n) is 16.2. The quantitative estimate of drug-likeness (QED) is 0.632. The van der Waals surface area contributed by atoms with Crippen molar-refractivity contribution in [2.24, 2.45) is 9.98 Å². The number of hydrogen-bond donors (Lipinski definition) is 2. The summed E-state index contributed by atoms with van der Waals surface area (Å²) in [5, 5.41) is 13.3. The number of aromatic hydroxyl groups is 1. The monoisotopic (exact) mass is 357 g/mol. The van der Waals surface area contributed by atoms with Gasteiger partial charge in [0.2, 0.25) is 0 Å². The van der Waals surface area contributed by atoms with Crippen molar-refractivity contribution >= 4 is 18.0 Å². The molecule has 26 heavy (non-hydrogen) atoms. The Morgan fingerprint density at radius 3 is 2.50 bits per heavy atom. The zero-order valence-corrected chi connectivity index (χ0v) is 16.2. The second-order valence-electron chi connectivity index (χ2n) is 5.16. The summed E-state index contributed by atoms with van der Waals surface area (Å²) in [6.07, 6.45) is 3.49. The van der Waals surface area contributed by atoms with Crippen molar-refractivity contribution in [1.29, 1.82) is 0 Å². The molecule has 0 aromatic heterocycles. The number of amidine groups is 1. The lowest BCUT2D eigenvalue weighted by atomic mass is 9.95. The van der Waals surface area contributed by atoms with Gasteiger partial charge in [-0.25, -0.2) is 4.79 Å². The lowest BCUT2D eigenvalue weighted by Gasteiger charge is -2.26. The highest BCUT2D eigenvalue weighted by atomic mass is 16.5. The zero-order chi connectivity index (χ0) is 19.7. The Hall–Kier alpha value is -2.89. The van der Waals surface area contributed by atoms with Crippen molar-refractivity contribution in [3.8, 4) is 5.75 Å². The van der Waals surface area contributed by atoms with E-state index in [1.807, 2.05) is 33.8 Å². The van der Waals surface area contributed by atoms with Crippen LogP contribution in [-0.2, 0) is 9.53 Å². The van der Waals surface area contributed by atoms with Crippen LogP contribution in [0.2, 0.25) is 0 Å². The predicted octanol–water partition coefficient (Wildman–Crippen LogP) is 3.90. The molecule has 2 N–H and O–H groups in total. The fraction of sp³-hybridized carbons (Fsp3) is 0.350. The van der Waals surface area contributed by atoms with Crippen LogP contribution >= 0.6 is 0 Å². The number of carbonyl (C=O) groups is 1. The van der Waals surface area contributed by atoms with Gasteiger partial charge in [0.15, 0.2) is 5.84 Å². The number of aliphatic imine (C=N–C) groups is 2. The van der Waals surface area contributed by atoms with E-state index >= 15 is 0 Å². The van der Waals surface area contributed by atoms with E-state index in [4.69, 9.17) is 4.74 Å². The molecule has 140 valence electrons. The van der Waals surface area contributed by atoms with Crippen molar-refractivity contribution < 1.29 is 14.6 Å². The summed E-state index contributed by atoms with van der Waals surface area (Å²) in [5.41, 5.74) is 2.16. The maximum absolute atomic E-state index is 12.2. The van der Waals surface area contributed by atoms with Gasteiger partial charge in [-0.3, -0.25) is 9.98 Å². The van der Waals surface area contributed by atoms with E-state index in [-0.39, 0.29) is 5.75 Å². The summed E-state index contributed by atoms with van der Waals surface area (Å²) >= 11 is 0. The number of hydrogen-bond acceptors (Lipinski definition) is 6. The first-order chi connectivity index (χ1) is 12.5. The van der Waals surface area contributed by atoms with Gasteiger partial charge in [0.05, 0.1) is 12.7 Å². The van der Waals surface area contributed by atoms with Crippen molar-refractivity contribution in [2.45, 2.75) is 40.7 Å². The van der Waals surface area contributed by atoms with Gasteiger partial charge >= 0.3 is 5.97 Å². The lowest BCUT2D eigenvalue weighted by molar-refractivity contribution is -0.136. The molecule has 0 radical (unpaired) electrons. The van der Waals surface area contributed by atoms with Crippen molar-refractivity contribution in [3.63, 3.8) is 0 Å². The van der Waals surface area contributed by atoms with Crippen molar-refractivity contribution in [2.75, 3.05) is 7.11 Å². The first-order valence-corrected chi connectivity index (χ1v) is 8.60. The number of esters is 1. The van der Waals surface area contributed by atoms with E-state index in [2.05, 4.69) is 15.3 Å². The third-order valence-corrected chi connectivity index (χ3v) is 3.66. The van der Waals surface area contributed by atoms with Gasteiger partial charge in [-0.2, -0.15) is 0 Å². The fourth-order valence-corrected chi connectivity index (χ4v) is 2.54. The standard InChI is InChI=1S/C18H21N3O3.C2H6/c1-5-13(19-6-2)17-20-11(3)15(18(23)24-4)16(21-17)12-9-7-8-10-14(12)22;1-2/h5-10,16,22H,1-4H3,(H,20,21);1-2H3/b13-5-,19-6?;. The van der Waals surface area contributed by atoms with Gasteiger partial charge in [0.25, 0.3) is 0 Å². The molecule has 1 unspecified atom stereocenters. The summed E-state index contributed by atoms with van der Waals surface area (Å²) in [6.45, 7) is 9.45.